The predicted octanol–water partition coefficient (Wildman–Crippen LogP) is 1.39. The number of methoxy groups -OCH3 is 1. The summed E-state index contributed by atoms with van der Waals surface area (Å²) in [5, 5.41) is 3.11. The van der Waals surface area contributed by atoms with Crippen molar-refractivity contribution in [2.45, 2.75) is 26.3 Å². The van der Waals surface area contributed by atoms with Gasteiger partial charge in [0, 0.05) is 39.1 Å². The zero-order valence-corrected chi connectivity index (χ0v) is 12.9. The van der Waals surface area contributed by atoms with E-state index in [1.807, 2.05) is 24.2 Å². The van der Waals surface area contributed by atoms with Crippen molar-refractivity contribution < 1.29 is 9.53 Å². The lowest BCUT2D eigenvalue weighted by Crippen LogP contribution is -2.39. The fourth-order valence-corrected chi connectivity index (χ4v) is 1.98. The van der Waals surface area contributed by atoms with E-state index in [1.54, 1.807) is 7.11 Å². The normalized spacial score (nSPS) is 10.8. The first-order valence-electron chi connectivity index (χ1n) is 7.26. The third-order valence-electron chi connectivity index (χ3n) is 3.30. The minimum absolute atomic E-state index is 0.149. The van der Waals surface area contributed by atoms with E-state index in [2.05, 4.69) is 22.9 Å². The molecule has 0 aromatic carbocycles. The van der Waals surface area contributed by atoms with Crippen LogP contribution in [0.1, 0.15) is 25.5 Å². The van der Waals surface area contributed by atoms with Crippen LogP contribution in [0, 0.1) is 0 Å². The van der Waals surface area contributed by atoms with Crippen molar-refractivity contribution >= 4 is 5.91 Å². The second kappa shape index (κ2) is 9.55. The topological polar surface area (TPSA) is 46.5 Å². The maximum Gasteiger partial charge on any atom is 0.236 e. The van der Waals surface area contributed by atoms with Crippen molar-refractivity contribution in [2.24, 2.45) is 7.05 Å². The fourth-order valence-electron chi connectivity index (χ4n) is 1.98. The van der Waals surface area contributed by atoms with Crippen LogP contribution in [-0.4, -0.2) is 48.7 Å². The van der Waals surface area contributed by atoms with E-state index in [4.69, 9.17) is 4.74 Å². The van der Waals surface area contributed by atoms with Crippen LogP contribution in [-0.2, 0) is 23.1 Å². The minimum Gasteiger partial charge on any atom is -0.383 e. The number of nitrogens with zero attached hydrogens (tertiary/aromatic N) is 2. The van der Waals surface area contributed by atoms with Crippen LogP contribution in [0.4, 0.5) is 0 Å². The molecule has 0 unspecified atom stereocenters. The van der Waals surface area contributed by atoms with E-state index < -0.39 is 0 Å². The van der Waals surface area contributed by atoms with Gasteiger partial charge in [0.25, 0.3) is 0 Å². The molecule has 1 rings (SSSR count). The van der Waals surface area contributed by atoms with Crippen LogP contribution in [0.3, 0.4) is 0 Å². The standard InChI is InChI=1S/C15H27N3O2/c1-4-5-10-18(13-14-7-6-9-17(14)2)15(19)12-16-8-11-20-3/h6-7,9,16H,4-5,8,10-13H2,1-3H3. The lowest BCUT2D eigenvalue weighted by Gasteiger charge is -2.23. The van der Waals surface area contributed by atoms with Gasteiger partial charge < -0.3 is 19.5 Å². The van der Waals surface area contributed by atoms with E-state index >= 15 is 0 Å². The van der Waals surface area contributed by atoms with Crippen molar-refractivity contribution in [1.82, 2.24) is 14.8 Å². The van der Waals surface area contributed by atoms with Gasteiger partial charge in [0.2, 0.25) is 5.91 Å². The van der Waals surface area contributed by atoms with E-state index in [0.717, 1.165) is 25.1 Å². The van der Waals surface area contributed by atoms with Gasteiger partial charge in [-0.2, -0.15) is 0 Å². The summed E-state index contributed by atoms with van der Waals surface area (Å²) in [5.41, 5.74) is 1.16. The maximum absolute atomic E-state index is 12.3. The first kappa shape index (κ1) is 16.7. The van der Waals surface area contributed by atoms with E-state index in [0.29, 0.717) is 26.2 Å². The number of unbranched alkanes of at least 4 members (excludes halogenated alkanes) is 1. The van der Waals surface area contributed by atoms with Crippen LogP contribution in [0.5, 0.6) is 0 Å². The van der Waals surface area contributed by atoms with Gasteiger partial charge >= 0.3 is 0 Å². The van der Waals surface area contributed by atoms with Gasteiger partial charge in [0.1, 0.15) is 0 Å². The summed E-state index contributed by atoms with van der Waals surface area (Å²) in [6, 6.07) is 4.07. The van der Waals surface area contributed by atoms with Crippen LogP contribution < -0.4 is 5.32 Å². The molecule has 0 bridgehead atoms. The summed E-state index contributed by atoms with van der Waals surface area (Å²) in [5.74, 6) is 0.149. The average molecular weight is 281 g/mol. The predicted molar refractivity (Wildman–Crippen MR) is 80.5 cm³/mol. The molecule has 5 nitrogen and oxygen atoms in total. The number of amides is 1. The van der Waals surface area contributed by atoms with Gasteiger partial charge in [-0.1, -0.05) is 13.3 Å². The van der Waals surface area contributed by atoms with Crippen molar-refractivity contribution in [3.63, 3.8) is 0 Å². The van der Waals surface area contributed by atoms with E-state index in [-0.39, 0.29) is 5.91 Å². The third kappa shape index (κ3) is 5.75. The Morgan fingerprint density at radius 1 is 1.50 bits per heavy atom. The molecule has 0 atom stereocenters. The number of nitrogens with one attached hydrogen (secondary N) is 1. The lowest BCUT2D eigenvalue weighted by molar-refractivity contribution is -0.131. The maximum atomic E-state index is 12.3. The third-order valence-corrected chi connectivity index (χ3v) is 3.30. The molecule has 1 aromatic rings. The molecule has 114 valence electrons. The summed E-state index contributed by atoms with van der Waals surface area (Å²) in [6.45, 7) is 5.33. The Hall–Kier alpha value is -1.33. The Bertz CT molecular complexity index is 390. The molecule has 5 heteroatoms. The molecule has 1 heterocycles. The minimum atomic E-state index is 0.149. The number of hydrogen-bond donors (Lipinski definition) is 1. The Balaban J connectivity index is 2.50. The molecular weight excluding hydrogens is 254 g/mol. The number of aromatic nitrogens is 1. The molecule has 0 aliphatic heterocycles. The Morgan fingerprint density at radius 2 is 2.30 bits per heavy atom. The molecule has 0 radical (unpaired) electrons. The Labute approximate surface area is 121 Å². The quantitative estimate of drug-likeness (QED) is 0.659. The van der Waals surface area contributed by atoms with Gasteiger partial charge in [-0.25, -0.2) is 0 Å². The summed E-state index contributed by atoms with van der Waals surface area (Å²) in [4.78, 5) is 14.2. The van der Waals surface area contributed by atoms with Crippen LogP contribution in [0.25, 0.3) is 0 Å². The molecule has 0 aliphatic carbocycles. The highest BCUT2D eigenvalue weighted by Crippen LogP contribution is 2.06. The lowest BCUT2D eigenvalue weighted by atomic mass is 10.3. The van der Waals surface area contributed by atoms with Crippen LogP contribution in [0.2, 0.25) is 0 Å². The molecule has 0 fully saturated rings. The number of carbonyl (C=O) groups is 1. The molecule has 0 saturated carbocycles. The van der Waals surface area contributed by atoms with E-state index in [9.17, 15) is 4.79 Å². The van der Waals surface area contributed by atoms with E-state index in [1.165, 1.54) is 0 Å². The van der Waals surface area contributed by atoms with Crippen LogP contribution >= 0.6 is 0 Å². The smallest absolute Gasteiger partial charge is 0.236 e. The summed E-state index contributed by atoms with van der Waals surface area (Å²) >= 11 is 0. The highest BCUT2D eigenvalue weighted by molar-refractivity contribution is 5.78. The summed E-state index contributed by atoms with van der Waals surface area (Å²) in [7, 11) is 3.67. The molecule has 20 heavy (non-hydrogen) atoms. The second-order valence-electron chi connectivity index (χ2n) is 4.95. The van der Waals surface area contributed by atoms with Crippen molar-refractivity contribution in [3.05, 3.63) is 24.0 Å². The summed E-state index contributed by atoms with van der Waals surface area (Å²) in [6.07, 6.45) is 4.14. The monoisotopic (exact) mass is 281 g/mol. The number of hydrogen-bond acceptors (Lipinski definition) is 3. The summed E-state index contributed by atoms with van der Waals surface area (Å²) < 4.78 is 7.02. The molecule has 1 amide bonds. The fraction of sp³-hybridized carbons (Fsp3) is 0.667. The molecule has 0 saturated heterocycles. The molecule has 1 aromatic heterocycles. The highest BCUT2D eigenvalue weighted by atomic mass is 16.5. The van der Waals surface area contributed by atoms with Gasteiger partial charge in [-0.3, -0.25) is 4.79 Å². The first-order chi connectivity index (χ1) is 9.69. The van der Waals surface area contributed by atoms with Crippen molar-refractivity contribution in [3.8, 4) is 0 Å². The van der Waals surface area contributed by atoms with Crippen molar-refractivity contribution in [1.29, 1.82) is 0 Å². The van der Waals surface area contributed by atoms with Gasteiger partial charge in [-0.05, 0) is 18.6 Å². The van der Waals surface area contributed by atoms with Gasteiger partial charge in [-0.15, -0.1) is 0 Å². The average Bonchev–Trinajstić information content (AvgIpc) is 2.84. The molecular formula is C15H27N3O2. The number of aryl methyl sites for hydroxylation is 1. The molecule has 0 spiro atoms. The molecule has 1 N–H and O–H groups in total. The van der Waals surface area contributed by atoms with Gasteiger partial charge in [0.15, 0.2) is 0 Å². The number of carbonyl (C=O) groups excluding carboxylic acids is 1. The second-order valence-corrected chi connectivity index (χ2v) is 4.95. The SMILES string of the molecule is CCCCN(Cc1cccn1C)C(=O)CNCCOC. The highest BCUT2D eigenvalue weighted by Gasteiger charge is 2.14. The van der Waals surface area contributed by atoms with Crippen LogP contribution in [0.15, 0.2) is 18.3 Å². The Morgan fingerprint density at radius 3 is 2.90 bits per heavy atom. The first-order valence-corrected chi connectivity index (χ1v) is 7.26. The number of ether oxygens (including phenoxy) is 1. The zero-order valence-electron chi connectivity index (χ0n) is 12.9. The van der Waals surface area contributed by atoms with Gasteiger partial charge in [0.05, 0.1) is 19.7 Å². The largest absolute Gasteiger partial charge is 0.383 e. The zero-order chi connectivity index (χ0) is 14.8. The molecule has 0 aliphatic rings. The Kier molecular flexibility index (Phi) is 7.99. The van der Waals surface area contributed by atoms with Crippen molar-refractivity contribution in [2.75, 3.05) is 33.4 Å². The number of rotatable bonds is 10.